The summed E-state index contributed by atoms with van der Waals surface area (Å²) in [5.74, 6) is 0. The van der Waals surface area contributed by atoms with Crippen LogP contribution in [-0.4, -0.2) is 29.4 Å². The number of piperidine rings is 1. The topological polar surface area (TPSA) is 43.7 Å². The number of β-amino-alcohol motifs (C(OH)–C–C–N with tert-alkyl or cyclic N) is 1. The van der Waals surface area contributed by atoms with Crippen LogP contribution in [0.2, 0.25) is 0 Å². The average molecular weight is 207 g/mol. The molecule has 3 nitrogen and oxygen atoms in total. The van der Waals surface area contributed by atoms with E-state index in [4.69, 9.17) is 0 Å². The number of benzene rings is 1. The van der Waals surface area contributed by atoms with Crippen LogP contribution in [0.15, 0.2) is 24.3 Å². The van der Waals surface area contributed by atoms with E-state index in [0.717, 1.165) is 30.6 Å². The monoisotopic (exact) mass is 207 g/mol. The molecule has 0 spiro atoms. The Kier molecular flexibility index (Phi) is 3.23. The lowest BCUT2D eigenvalue weighted by Crippen LogP contribution is -2.38. The molecule has 1 aromatic carbocycles. The molecule has 0 aliphatic carbocycles. The predicted octanol–water partition coefficient (Wildman–Crippen LogP) is 1.14. The van der Waals surface area contributed by atoms with E-state index >= 15 is 0 Å². The van der Waals surface area contributed by atoms with Crippen molar-refractivity contribution in [3.63, 3.8) is 0 Å². The summed E-state index contributed by atoms with van der Waals surface area (Å²) in [5.41, 5.74) is 1.99. The minimum Gasteiger partial charge on any atom is -0.392 e. The summed E-state index contributed by atoms with van der Waals surface area (Å²) < 4.78 is 0. The standard InChI is InChI=1S/C12H17NO2/c14-9-10-4-1-2-6-12(10)13-7-3-5-11(15)8-13/h1-2,4,6,11,14-15H,3,5,7-9H2. The second-order valence-electron chi connectivity index (χ2n) is 4.03. The molecule has 1 aliphatic rings. The fourth-order valence-electron chi connectivity index (χ4n) is 2.13. The number of anilines is 1. The highest BCUT2D eigenvalue weighted by atomic mass is 16.3. The Hall–Kier alpha value is -1.06. The molecule has 1 unspecified atom stereocenters. The van der Waals surface area contributed by atoms with Crippen molar-refractivity contribution in [1.29, 1.82) is 0 Å². The lowest BCUT2D eigenvalue weighted by Gasteiger charge is -2.33. The lowest BCUT2D eigenvalue weighted by molar-refractivity contribution is 0.154. The van der Waals surface area contributed by atoms with E-state index in [-0.39, 0.29) is 12.7 Å². The fourth-order valence-corrected chi connectivity index (χ4v) is 2.13. The van der Waals surface area contributed by atoms with E-state index < -0.39 is 0 Å². The molecular formula is C12H17NO2. The number of hydrogen-bond acceptors (Lipinski definition) is 3. The molecule has 1 aromatic rings. The molecule has 2 N–H and O–H groups in total. The quantitative estimate of drug-likeness (QED) is 0.764. The van der Waals surface area contributed by atoms with Gasteiger partial charge in [-0.15, -0.1) is 0 Å². The Morgan fingerprint density at radius 2 is 2.13 bits per heavy atom. The molecule has 0 aromatic heterocycles. The Balaban J connectivity index is 2.20. The summed E-state index contributed by atoms with van der Waals surface area (Å²) in [4.78, 5) is 2.15. The van der Waals surface area contributed by atoms with Crippen LogP contribution in [0, 0.1) is 0 Å². The molecule has 3 heteroatoms. The van der Waals surface area contributed by atoms with E-state index in [1.807, 2.05) is 24.3 Å². The normalized spacial score (nSPS) is 21.7. The molecule has 0 bridgehead atoms. The Labute approximate surface area is 90.0 Å². The van der Waals surface area contributed by atoms with Crippen molar-refractivity contribution in [1.82, 2.24) is 0 Å². The third kappa shape index (κ3) is 2.30. The lowest BCUT2D eigenvalue weighted by atomic mass is 10.1. The first-order valence-corrected chi connectivity index (χ1v) is 5.43. The molecule has 1 atom stereocenters. The number of aliphatic hydroxyl groups is 2. The van der Waals surface area contributed by atoms with Gasteiger partial charge in [0.25, 0.3) is 0 Å². The molecule has 1 saturated heterocycles. The summed E-state index contributed by atoms with van der Waals surface area (Å²) in [6.45, 7) is 1.70. The maximum Gasteiger partial charge on any atom is 0.0715 e. The molecule has 1 heterocycles. The summed E-state index contributed by atoms with van der Waals surface area (Å²) in [6, 6.07) is 7.82. The van der Waals surface area contributed by atoms with E-state index in [9.17, 15) is 10.2 Å². The van der Waals surface area contributed by atoms with Gasteiger partial charge >= 0.3 is 0 Å². The number of nitrogens with zero attached hydrogens (tertiary/aromatic N) is 1. The molecular weight excluding hydrogens is 190 g/mol. The maximum absolute atomic E-state index is 9.60. The maximum atomic E-state index is 9.60. The minimum absolute atomic E-state index is 0.0583. The van der Waals surface area contributed by atoms with Crippen LogP contribution in [0.4, 0.5) is 5.69 Å². The smallest absolute Gasteiger partial charge is 0.0715 e. The summed E-state index contributed by atoms with van der Waals surface area (Å²) in [6.07, 6.45) is 1.67. The molecule has 2 rings (SSSR count). The fraction of sp³-hybridized carbons (Fsp3) is 0.500. The zero-order valence-electron chi connectivity index (χ0n) is 8.76. The predicted molar refractivity (Wildman–Crippen MR) is 59.8 cm³/mol. The van der Waals surface area contributed by atoms with Crippen LogP contribution in [0.3, 0.4) is 0 Å². The van der Waals surface area contributed by atoms with Crippen LogP contribution in [0.5, 0.6) is 0 Å². The molecule has 1 fully saturated rings. The number of para-hydroxylation sites is 1. The van der Waals surface area contributed by atoms with E-state index in [2.05, 4.69) is 4.90 Å². The SMILES string of the molecule is OCc1ccccc1N1CCCC(O)C1. The third-order valence-electron chi connectivity index (χ3n) is 2.90. The van der Waals surface area contributed by atoms with Crippen LogP contribution in [0.25, 0.3) is 0 Å². The molecule has 0 saturated carbocycles. The van der Waals surface area contributed by atoms with E-state index in [1.54, 1.807) is 0 Å². The van der Waals surface area contributed by atoms with Crippen molar-refractivity contribution in [3.05, 3.63) is 29.8 Å². The van der Waals surface area contributed by atoms with Gasteiger partial charge in [-0.25, -0.2) is 0 Å². The zero-order valence-corrected chi connectivity index (χ0v) is 8.76. The minimum atomic E-state index is -0.231. The van der Waals surface area contributed by atoms with Gasteiger partial charge in [0.1, 0.15) is 0 Å². The van der Waals surface area contributed by atoms with Crippen molar-refractivity contribution < 1.29 is 10.2 Å². The Morgan fingerprint density at radius 1 is 1.33 bits per heavy atom. The van der Waals surface area contributed by atoms with Gasteiger partial charge in [-0.1, -0.05) is 18.2 Å². The highest BCUT2D eigenvalue weighted by molar-refractivity contribution is 5.53. The van der Waals surface area contributed by atoms with Gasteiger partial charge in [0.15, 0.2) is 0 Å². The van der Waals surface area contributed by atoms with Gasteiger partial charge in [0, 0.05) is 24.3 Å². The van der Waals surface area contributed by atoms with E-state index in [0.29, 0.717) is 6.54 Å². The molecule has 1 aliphatic heterocycles. The van der Waals surface area contributed by atoms with Crippen molar-refractivity contribution in [2.24, 2.45) is 0 Å². The van der Waals surface area contributed by atoms with Crippen molar-refractivity contribution >= 4 is 5.69 Å². The Bertz CT molecular complexity index is 327. The van der Waals surface area contributed by atoms with Crippen LogP contribution in [-0.2, 0) is 6.61 Å². The molecule has 82 valence electrons. The van der Waals surface area contributed by atoms with Crippen LogP contribution < -0.4 is 4.90 Å². The van der Waals surface area contributed by atoms with Crippen LogP contribution >= 0.6 is 0 Å². The van der Waals surface area contributed by atoms with Gasteiger partial charge in [0.2, 0.25) is 0 Å². The molecule has 0 amide bonds. The van der Waals surface area contributed by atoms with Crippen molar-refractivity contribution in [3.8, 4) is 0 Å². The highest BCUT2D eigenvalue weighted by Gasteiger charge is 2.19. The first kappa shape index (κ1) is 10.5. The van der Waals surface area contributed by atoms with Gasteiger partial charge in [0.05, 0.1) is 12.7 Å². The first-order chi connectivity index (χ1) is 7.31. The van der Waals surface area contributed by atoms with Crippen LogP contribution in [0.1, 0.15) is 18.4 Å². The second kappa shape index (κ2) is 4.64. The van der Waals surface area contributed by atoms with E-state index in [1.165, 1.54) is 0 Å². The molecule has 15 heavy (non-hydrogen) atoms. The zero-order chi connectivity index (χ0) is 10.7. The van der Waals surface area contributed by atoms with Crippen molar-refractivity contribution in [2.75, 3.05) is 18.0 Å². The summed E-state index contributed by atoms with van der Waals surface area (Å²) >= 11 is 0. The largest absolute Gasteiger partial charge is 0.392 e. The first-order valence-electron chi connectivity index (χ1n) is 5.43. The second-order valence-corrected chi connectivity index (χ2v) is 4.03. The summed E-state index contributed by atoms with van der Waals surface area (Å²) in [7, 11) is 0. The number of hydrogen-bond donors (Lipinski definition) is 2. The highest BCUT2D eigenvalue weighted by Crippen LogP contribution is 2.23. The number of rotatable bonds is 2. The van der Waals surface area contributed by atoms with Crippen molar-refractivity contribution in [2.45, 2.75) is 25.6 Å². The number of aliphatic hydroxyl groups excluding tert-OH is 2. The van der Waals surface area contributed by atoms with Gasteiger partial charge in [-0.3, -0.25) is 0 Å². The average Bonchev–Trinajstić information content (AvgIpc) is 2.29. The third-order valence-corrected chi connectivity index (χ3v) is 2.90. The van der Waals surface area contributed by atoms with Gasteiger partial charge < -0.3 is 15.1 Å². The molecule has 0 radical (unpaired) electrons. The van der Waals surface area contributed by atoms with Gasteiger partial charge in [-0.2, -0.15) is 0 Å². The van der Waals surface area contributed by atoms with Gasteiger partial charge in [-0.05, 0) is 18.9 Å². The Morgan fingerprint density at radius 3 is 2.87 bits per heavy atom. The summed E-state index contributed by atoms with van der Waals surface area (Å²) in [5, 5.41) is 18.8.